The van der Waals surface area contributed by atoms with Gasteiger partial charge in [-0.2, -0.15) is 0 Å². The fraction of sp³-hybridized carbons (Fsp3) is 0.278. The summed E-state index contributed by atoms with van der Waals surface area (Å²) in [5, 5.41) is 0. The summed E-state index contributed by atoms with van der Waals surface area (Å²) in [4.78, 5) is 12.2. The van der Waals surface area contributed by atoms with Crippen LogP contribution >= 0.6 is 0 Å². The summed E-state index contributed by atoms with van der Waals surface area (Å²) < 4.78 is 7.19. The molecule has 3 rings (SSSR count). The predicted molar refractivity (Wildman–Crippen MR) is 88.2 cm³/mol. The number of carbonyl (C=O) groups is 1. The fourth-order valence-corrected chi connectivity index (χ4v) is 16.9. The van der Waals surface area contributed by atoms with Gasteiger partial charge in [0.25, 0.3) is 0 Å². The zero-order valence-corrected chi connectivity index (χ0v) is 15.0. The van der Waals surface area contributed by atoms with Gasteiger partial charge in [-0.05, 0) is 0 Å². The molecule has 0 atom stereocenters. The van der Waals surface area contributed by atoms with E-state index in [0.717, 1.165) is 0 Å². The molecule has 3 aliphatic rings. The van der Waals surface area contributed by atoms with Crippen molar-refractivity contribution in [1.29, 1.82) is 0 Å². The summed E-state index contributed by atoms with van der Waals surface area (Å²) >= 11 is -3.39. The van der Waals surface area contributed by atoms with E-state index in [1.807, 2.05) is 6.92 Å². The summed E-state index contributed by atoms with van der Waals surface area (Å²) in [5.74, 6) is -0.0538. The number of carbonyl (C=O) groups excluding carboxylic acids is 1. The molecule has 0 bridgehead atoms. The predicted octanol–water partition coefficient (Wildman–Crippen LogP) is 4.37. The van der Waals surface area contributed by atoms with Gasteiger partial charge in [0.05, 0.1) is 0 Å². The summed E-state index contributed by atoms with van der Waals surface area (Å²) in [6.07, 6.45) is 26.3. The van der Waals surface area contributed by atoms with Crippen LogP contribution < -0.4 is 0 Å². The number of hydrogen-bond acceptors (Lipinski definition) is 2. The second-order valence-corrected chi connectivity index (χ2v) is 16.7. The van der Waals surface area contributed by atoms with Gasteiger partial charge in [-0.3, -0.25) is 0 Å². The molecular formula is C18H20O2Sn. The van der Waals surface area contributed by atoms with Crippen LogP contribution in [0.3, 0.4) is 0 Å². The van der Waals surface area contributed by atoms with Crippen LogP contribution in [0.25, 0.3) is 0 Å². The maximum absolute atomic E-state index is 12.2. The first-order valence-electron chi connectivity index (χ1n) is 7.54. The molecule has 3 aliphatic carbocycles. The SMILES string of the molecule is CCC(=O)[O][Sn]([CH]1C=CC=C1)([CH]1C=CC=C1)[CH]1C=CC=C1. The molecule has 0 radical (unpaired) electrons. The zero-order chi connectivity index (χ0) is 14.7. The molecule has 0 fully saturated rings. The van der Waals surface area contributed by atoms with Crippen molar-refractivity contribution >= 4 is 24.8 Å². The van der Waals surface area contributed by atoms with Crippen LogP contribution in [-0.4, -0.2) is 24.8 Å². The molecule has 0 aromatic rings. The Morgan fingerprint density at radius 1 is 0.810 bits per heavy atom. The standard InChI is InChI=1S/3C5H5.C3H6O2.Sn/c3*1-2-4-5-3-1;1-2-3(4)5;/h3*1-5H;2H2,1H3,(H,4,5);/q;;;;+1/p-1. The van der Waals surface area contributed by atoms with E-state index in [1.165, 1.54) is 0 Å². The van der Waals surface area contributed by atoms with Gasteiger partial charge in [0.2, 0.25) is 0 Å². The van der Waals surface area contributed by atoms with Crippen molar-refractivity contribution in [2.24, 2.45) is 0 Å². The summed E-state index contributed by atoms with van der Waals surface area (Å²) in [6.45, 7) is 1.87. The minimum absolute atomic E-state index is 0.0538. The molecule has 0 aromatic carbocycles. The molecule has 0 aromatic heterocycles. The fourth-order valence-electron chi connectivity index (χ4n) is 3.34. The van der Waals surface area contributed by atoms with Crippen molar-refractivity contribution in [3.05, 3.63) is 72.9 Å². The molecule has 0 saturated heterocycles. The number of allylic oxidation sites excluding steroid dienone is 12. The van der Waals surface area contributed by atoms with E-state index in [9.17, 15) is 4.79 Å². The second kappa shape index (κ2) is 6.22. The van der Waals surface area contributed by atoms with E-state index in [1.54, 1.807) is 0 Å². The number of hydrogen-bond donors (Lipinski definition) is 0. The van der Waals surface area contributed by atoms with Gasteiger partial charge in [-0.15, -0.1) is 0 Å². The third kappa shape index (κ3) is 2.61. The molecule has 0 amide bonds. The topological polar surface area (TPSA) is 26.3 Å². The van der Waals surface area contributed by atoms with Crippen LogP contribution in [-0.2, 0) is 7.87 Å². The molecule has 3 heteroatoms. The van der Waals surface area contributed by atoms with Gasteiger partial charge < -0.3 is 0 Å². The van der Waals surface area contributed by atoms with Crippen molar-refractivity contribution in [1.82, 2.24) is 0 Å². The second-order valence-electron chi connectivity index (χ2n) is 5.57. The Balaban J connectivity index is 2.06. The van der Waals surface area contributed by atoms with Crippen LogP contribution in [0.2, 0.25) is 11.8 Å². The van der Waals surface area contributed by atoms with Crippen molar-refractivity contribution in [3.8, 4) is 0 Å². The monoisotopic (exact) mass is 388 g/mol. The van der Waals surface area contributed by atoms with Gasteiger partial charge in [-0.1, -0.05) is 0 Å². The van der Waals surface area contributed by atoms with E-state index in [2.05, 4.69) is 72.9 Å². The molecule has 0 N–H and O–H groups in total. The van der Waals surface area contributed by atoms with Gasteiger partial charge in [0, 0.05) is 0 Å². The van der Waals surface area contributed by atoms with E-state index in [0.29, 0.717) is 18.2 Å². The molecule has 2 nitrogen and oxygen atoms in total. The molecule has 0 heterocycles. The Bertz CT molecular complexity index is 487. The molecule has 108 valence electrons. The van der Waals surface area contributed by atoms with Crippen molar-refractivity contribution in [3.63, 3.8) is 0 Å². The molecule has 21 heavy (non-hydrogen) atoms. The zero-order valence-electron chi connectivity index (χ0n) is 12.2. The summed E-state index contributed by atoms with van der Waals surface area (Å²) in [5.41, 5.74) is 0. The van der Waals surface area contributed by atoms with Gasteiger partial charge in [0.15, 0.2) is 0 Å². The van der Waals surface area contributed by atoms with Gasteiger partial charge in [-0.25, -0.2) is 0 Å². The van der Waals surface area contributed by atoms with E-state index >= 15 is 0 Å². The average Bonchev–Trinajstić information content (AvgIpc) is 3.28. The van der Waals surface area contributed by atoms with Crippen molar-refractivity contribution in [2.75, 3.05) is 0 Å². The van der Waals surface area contributed by atoms with Crippen molar-refractivity contribution in [2.45, 2.75) is 25.1 Å². The molecule has 0 aliphatic heterocycles. The average molecular weight is 387 g/mol. The Labute approximate surface area is 130 Å². The van der Waals surface area contributed by atoms with Crippen LogP contribution in [0.4, 0.5) is 0 Å². The minimum atomic E-state index is -3.39. The maximum atomic E-state index is 12.2. The Morgan fingerprint density at radius 2 is 1.14 bits per heavy atom. The van der Waals surface area contributed by atoms with Crippen LogP contribution in [0.5, 0.6) is 0 Å². The Kier molecular flexibility index (Phi) is 4.34. The first kappa shape index (κ1) is 14.6. The summed E-state index contributed by atoms with van der Waals surface area (Å²) in [6, 6.07) is 0. The van der Waals surface area contributed by atoms with Gasteiger partial charge >= 0.3 is 131 Å². The van der Waals surface area contributed by atoms with Crippen molar-refractivity contribution < 1.29 is 7.87 Å². The number of rotatable bonds is 5. The van der Waals surface area contributed by atoms with Crippen LogP contribution in [0, 0.1) is 0 Å². The first-order chi connectivity index (χ1) is 10.3. The Morgan fingerprint density at radius 3 is 1.43 bits per heavy atom. The molecule has 0 spiro atoms. The normalized spacial score (nSPS) is 21.2. The molecule has 0 saturated carbocycles. The third-order valence-corrected chi connectivity index (χ3v) is 18.3. The van der Waals surface area contributed by atoms with Crippen LogP contribution in [0.1, 0.15) is 13.3 Å². The summed E-state index contributed by atoms with van der Waals surface area (Å²) in [7, 11) is 0. The Hall–Kier alpha value is -1.29. The third-order valence-electron chi connectivity index (χ3n) is 4.39. The van der Waals surface area contributed by atoms with E-state index in [4.69, 9.17) is 3.07 Å². The molecular weight excluding hydrogens is 367 g/mol. The molecule has 0 unspecified atom stereocenters. The first-order valence-corrected chi connectivity index (χ1v) is 13.6. The van der Waals surface area contributed by atoms with Gasteiger partial charge in [0.1, 0.15) is 0 Å². The van der Waals surface area contributed by atoms with Crippen LogP contribution in [0.15, 0.2) is 72.9 Å². The van der Waals surface area contributed by atoms with E-state index in [-0.39, 0.29) is 5.97 Å². The van der Waals surface area contributed by atoms with E-state index < -0.39 is 18.8 Å². The quantitative estimate of drug-likeness (QED) is 0.655.